The van der Waals surface area contributed by atoms with Gasteiger partial charge in [0.25, 0.3) is 5.79 Å². The van der Waals surface area contributed by atoms with Crippen LogP contribution in [0.5, 0.6) is 0 Å². The van der Waals surface area contributed by atoms with E-state index in [0.29, 0.717) is 17.0 Å². The number of nitrogens with zero attached hydrogens (tertiary/aromatic N) is 1. The standard InChI is InChI=1S/C17H15NO4/c1-20-17(21-2)15(19)11-10-14-16(17)13(18-22-14)9-8-12-6-4-3-5-7-12/h3-11H,1-2H3/b9-8+. The minimum Gasteiger partial charge on any atom is -0.356 e. The Morgan fingerprint density at radius 2 is 1.82 bits per heavy atom. The maximum absolute atomic E-state index is 12.2. The molecule has 1 heterocycles. The van der Waals surface area contributed by atoms with Gasteiger partial charge in [0.05, 0.1) is 5.56 Å². The minimum absolute atomic E-state index is 0.303. The fraction of sp³-hybridized carbons (Fsp3) is 0.176. The largest absolute Gasteiger partial charge is 0.356 e. The lowest BCUT2D eigenvalue weighted by molar-refractivity contribution is -0.209. The van der Waals surface area contributed by atoms with Crippen LogP contribution in [0.2, 0.25) is 0 Å². The number of carbonyl (C=O) groups excluding carboxylic acids is 1. The van der Waals surface area contributed by atoms with Crippen molar-refractivity contribution in [2.75, 3.05) is 14.2 Å². The van der Waals surface area contributed by atoms with Crippen LogP contribution in [0.15, 0.2) is 40.9 Å². The van der Waals surface area contributed by atoms with Crippen LogP contribution in [0.25, 0.3) is 18.2 Å². The summed E-state index contributed by atoms with van der Waals surface area (Å²) in [7, 11) is 2.84. The smallest absolute Gasteiger partial charge is 0.266 e. The summed E-state index contributed by atoms with van der Waals surface area (Å²) in [6.07, 6.45) is 6.60. The van der Waals surface area contributed by atoms with E-state index in [1.54, 1.807) is 12.2 Å². The zero-order valence-electron chi connectivity index (χ0n) is 12.3. The van der Waals surface area contributed by atoms with Crippen LogP contribution < -0.4 is 0 Å². The quantitative estimate of drug-likeness (QED) is 0.812. The maximum atomic E-state index is 12.2. The number of benzene rings is 1. The van der Waals surface area contributed by atoms with E-state index < -0.39 is 5.79 Å². The molecule has 0 amide bonds. The van der Waals surface area contributed by atoms with E-state index in [-0.39, 0.29) is 5.78 Å². The number of ether oxygens (including phenoxy) is 2. The average molecular weight is 297 g/mol. The van der Waals surface area contributed by atoms with Crippen LogP contribution in [-0.2, 0) is 20.1 Å². The lowest BCUT2D eigenvalue weighted by Crippen LogP contribution is -2.41. The van der Waals surface area contributed by atoms with Gasteiger partial charge in [-0.3, -0.25) is 4.79 Å². The topological polar surface area (TPSA) is 61.6 Å². The molecule has 1 aromatic heterocycles. The molecule has 5 nitrogen and oxygen atoms in total. The molecule has 0 spiro atoms. The van der Waals surface area contributed by atoms with Crippen LogP contribution in [0, 0.1) is 0 Å². The summed E-state index contributed by atoms with van der Waals surface area (Å²) in [6, 6.07) is 9.76. The predicted octanol–water partition coefficient (Wildman–Crippen LogP) is 2.89. The summed E-state index contributed by atoms with van der Waals surface area (Å²) in [5, 5.41) is 4.01. The van der Waals surface area contributed by atoms with Gasteiger partial charge in [-0.1, -0.05) is 41.6 Å². The molecule has 0 saturated heterocycles. The summed E-state index contributed by atoms with van der Waals surface area (Å²) in [6.45, 7) is 0. The Balaban J connectivity index is 2.06. The summed E-state index contributed by atoms with van der Waals surface area (Å²) in [5.41, 5.74) is 2.00. The molecule has 0 N–H and O–H groups in total. The van der Waals surface area contributed by atoms with Crippen LogP contribution in [0.3, 0.4) is 0 Å². The van der Waals surface area contributed by atoms with Crippen molar-refractivity contribution >= 4 is 24.0 Å². The number of hydrogen-bond acceptors (Lipinski definition) is 5. The summed E-state index contributed by atoms with van der Waals surface area (Å²) < 4.78 is 16.0. The number of methoxy groups -OCH3 is 2. The third-order valence-electron chi connectivity index (χ3n) is 3.59. The highest BCUT2D eigenvalue weighted by Gasteiger charge is 2.47. The molecule has 0 atom stereocenters. The van der Waals surface area contributed by atoms with E-state index in [9.17, 15) is 4.79 Å². The molecule has 1 aliphatic carbocycles. The molecular weight excluding hydrogens is 282 g/mol. The molecule has 1 aromatic carbocycles. The Morgan fingerprint density at radius 3 is 2.50 bits per heavy atom. The molecular formula is C17H15NO4. The second-order valence-corrected chi connectivity index (χ2v) is 4.77. The van der Waals surface area contributed by atoms with Gasteiger partial charge in [0.1, 0.15) is 5.69 Å². The van der Waals surface area contributed by atoms with E-state index >= 15 is 0 Å². The van der Waals surface area contributed by atoms with Gasteiger partial charge in [0.2, 0.25) is 5.78 Å². The highest BCUT2D eigenvalue weighted by atomic mass is 16.7. The van der Waals surface area contributed by atoms with Crippen molar-refractivity contribution in [2.45, 2.75) is 5.79 Å². The fourth-order valence-corrected chi connectivity index (χ4v) is 2.49. The Hall–Kier alpha value is -2.50. The van der Waals surface area contributed by atoms with E-state index in [1.807, 2.05) is 36.4 Å². The normalized spacial score (nSPS) is 16.2. The number of hydrogen-bond donors (Lipinski definition) is 0. The number of ketones is 1. The SMILES string of the molecule is COC1(OC)C(=O)C=Cc2onc(/C=C/c3ccccc3)c21. The molecule has 112 valence electrons. The van der Waals surface area contributed by atoms with Crippen molar-refractivity contribution in [2.24, 2.45) is 0 Å². The number of carbonyl (C=O) groups is 1. The van der Waals surface area contributed by atoms with Crippen molar-refractivity contribution in [1.29, 1.82) is 0 Å². The highest BCUT2D eigenvalue weighted by Crippen LogP contribution is 2.37. The van der Waals surface area contributed by atoms with Crippen LogP contribution in [0.4, 0.5) is 0 Å². The number of fused-ring (bicyclic) bond motifs is 1. The molecule has 1 aliphatic rings. The van der Waals surface area contributed by atoms with Gasteiger partial charge in [-0.05, 0) is 23.8 Å². The van der Waals surface area contributed by atoms with E-state index in [0.717, 1.165) is 5.56 Å². The van der Waals surface area contributed by atoms with Crippen molar-refractivity contribution < 1.29 is 18.8 Å². The molecule has 22 heavy (non-hydrogen) atoms. The Bertz CT molecular complexity index is 739. The molecule has 0 saturated carbocycles. The van der Waals surface area contributed by atoms with Gasteiger partial charge in [-0.25, -0.2) is 0 Å². The highest BCUT2D eigenvalue weighted by molar-refractivity contribution is 6.03. The Kier molecular flexibility index (Phi) is 3.75. The van der Waals surface area contributed by atoms with E-state index in [2.05, 4.69) is 5.16 Å². The lowest BCUT2D eigenvalue weighted by Gasteiger charge is -2.29. The number of rotatable bonds is 4. The maximum Gasteiger partial charge on any atom is 0.266 e. The second-order valence-electron chi connectivity index (χ2n) is 4.77. The molecule has 0 fully saturated rings. The first-order valence-electron chi connectivity index (χ1n) is 6.77. The van der Waals surface area contributed by atoms with E-state index in [4.69, 9.17) is 14.0 Å². The first-order valence-corrected chi connectivity index (χ1v) is 6.77. The molecule has 0 bridgehead atoms. The Morgan fingerprint density at radius 1 is 1.09 bits per heavy atom. The Labute approximate surface area is 127 Å². The van der Waals surface area contributed by atoms with Crippen LogP contribution in [0.1, 0.15) is 22.6 Å². The molecule has 0 unspecified atom stereocenters. The molecule has 5 heteroatoms. The monoisotopic (exact) mass is 297 g/mol. The third kappa shape index (κ3) is 2.20. The van der Waals surface area contributed by atoms with Crippen molar-refractivity contribution in [3.8, 4) is 0 Å². The zero-order chi connectivity index (χ0) is 15.6. The molecule has 0 radical (unpaired) electrons. The summed E-state index contributed by atoms with van der Waals surface area (Å²) >= 11 is 0. The summed E-state index contributed by atoms with van der Waals surface area (Å²) in [4.78, 5) is 12.2. The first kappa shape index (κ1) is 14.4. The molecule has 2 aromatic rings. The van der Waals surface area contributed by atoms with Gasteiger partial charge in [0, 0.05) is 14.2 Å². The zero-order valence-corrected chi connectivity index (χ0v) is 12.3. The fourth-order valence-electron chi connectivity index (χ4n) is 2.49. The first-order chi connectivity index (χ1) is 10.7. The van der Waals surface area contributed by atoms with Gasteiger partial charge in [0.15, 0.2) is 5.76 Å². The lowest BCUT2D eigenvalue weighted by atomic mass is 9.93. The third-order valence-corrected chi connectivity index (χ3v) is 3.59. The molecule has 3 rings (SSSR count). The number of aromatic nitrogens is 1. The van der Waals surface area contributed by atoms with Crippen LogP contribution >= 0.6 is 0 Å². The van der Waals surface area contributed by atoms with Crippen molar-refractivity contribution in [3.63, 3.8) is 0 Å². The van der Waals surface area contributed by atoms with Crippen molar-refractivity contribution in [3.05, 3.63) is 59.0 Å². The van der Waals surface area contributed by atoms with Crippen molar-refractivity contribution in [1.82, 2.24) is 5.16 Å². The second kappa shape index (κ2) is 5.71. The van der Waals surface area contributed by atoms with Gasteiger partial charge in [-0.15, -0.1) is 0 Å². The van der Waals surface area contributed by atoms with Gasteiger partial charge < -0.3 is 14.0 Å². The van der Waals surface area contributed by atoms with Crippen LogP contribution in [-0.4, -0.2) is 25.2 Å². The minimum atomic E-state index is -1.51. The predicted molar refractivity (Wildman–Crippen MR) is 81.6 cm³/mol. The molecule has 0 aliphatic heterocycles. The summed E-state index contributed by atoms with van der Waals surface area (Å²) in [5.74, 6) is -1.36. The van der Waals surface area contributed by atoms with Gasteiger partial charge in [-0.2, -0.15) is 0 Å². The average Bonchev–Trinajstić information content (AvgIpc) is 2.98. The van der Waals surface area contributed by atoms with Gasteiger partial charge >= 0.3 is 0 Å². The van der Waals surface area contributed by atoms with E-state index in [1.165, 1.54) is 20.3 Å².